The van der Waals surface area contributed by atoms with E-state index in [0.717, 1.165) is 52.1 Å². The van der Waals surface area contributed by atoms with Gasteiger partial charge < -0.3 is 9.64 Å². The average molecular weight is 500 g/mol. The fourth-order valence-corrected chi connectivity index (χ4v) is 5.35. The standard InChI is InChI=1S/C28H33N7O2/c1-28(2,33(3)4)27(36)34-15-19(16-34)35-14-18(13-29-35)24-26-22(31-32-24)12-23(37-5)25(30-26)21-11-7-9-17-8-6-10-20(17)21/h7,9,11-14,19H,6,8,10,15-16H2,1-5H3,(H,31,32). The number of methoxy groups -OCH3 is 1. The van der Waals surface area contributed by atoms with Crippen molar-refractivity contribution >= 4 is 16.9 Å². The molecular weight excluding hydrogens is 466 g/mol. The predicted octanol–water partition coefficient (Wildman–Crippen LogP) is 3.71. The Morgan fingerprint density at radius 2 is 2.00 bits per heavy atom. The lowest BCUT2D eigenvalue weighted by molar-refractivity contribution is -0.147. The number of benzene rings is 1. The van der Waals surface area contributed by atoms with Crippen LogP contribution in [0, 0.1) is 0 Å². The number of amides is 1. The highest BCUT2D eigenvalue weighted by atomic mass is 16.5. The number of pyridine rings is 1. The molecule has 4 aromatic rings. The van der Waals surface area contributed by atoms with Crippen molar-refractivity contribution in [3.63, 3.8) is 0 Å². The summed E-state index contributed by atoms with van der Waals surface area (Å²) < 4.78 is 7.69. The minimum absolute atomic E-state index is 0.137. The molecule has 0 saturated carbocycles. The van der Waals surface area contributed by atoms with Gasteiger partial charge in [-0.05, 0) is 58.3 Å². The number of fused-ring (bicyclic) bond motifs is 2. The minimum atomic E-state index is -0.530. The summed E-state index contributed by atoms with van der Waals surface area (Å²) in [6.45, 7) is 5.21. The maximum Gasteiger partial charge on any atom is 0.242 e. The summed E-state index contributed by atoms with van der Waals surface area (Å²) in [6.07, 6.45) is 7.18. The predicted molar refractivity (Wildman–Crippen MR) is 143 cm³/mol. The molecule has 0 atom stereocenters. The number of aromatic nitrogens is 5. The van der Waals surface area contributed by atoms with E-state index in [1.165, 1.54) is 17.5 Å². The highest BCUT2D eigenvalue weighted by Crippen LogP contribution is 2.39. The number of likely N-dealkylation sites (tertiary alicyclic amines) is 1. The van der Waals surface area contributed by atoms with E-state index in [0.29, 0.717) is 13.1 Å². The molecule has 3 aromatic heterocycles. The molecule has 1 amide bonds. The van der Waals surface area contributed by atoms with E-state index in [1.54, 1.807) is 7.11 Å². The van der Waals surface area contributed by atoms with Crippen LogP contribution in [-0.2, 0) is 17.6 Å². The van der Waals surface area contributed by atoms with Crippen LogP contribution in [0.1, 0.15) is 37.4 Å². The van der Waals surface area contributed by atoms with Crippen LogP contribution < -0.4 is 4.74 Å². The second kappa shape index (κ2) is 8.69. The van der Waals surface area contributed by atoms with Crippen molar-refractivity contribution in [3.8, 4) is 28.3 Å². The Bertz CT molecular complexity index is 1490. The van der Waals surface area contributed by atoms with Crippen molar-refractivity contribution in [2.24, 2.45) is 0 Å². The Kier molecular flexibility index (Phi) is 5.56. The highest BCUT2D eigenvalue weighted by molar-refractivity contribution is 5.93. The lowest BCUT2D eigenvalue weighted by Crippen LogP contribution is -2.60. The van der Waals surface area contributed by atoms with Crippen LogP contribution in [-0.4, -0.2) is 80.5 Å². The van der Waals surface area contributed by atoms with Gasteiger partial charge in [-0.2, -0.15) is 10.2 Å². The van der Waals surface area contributed by atoms with Gasteiger partial charge in [0.2, 0.25) is 5.91 Å². The van der Waals surface area contributed by atoms with Crippen molar-refractivity contribution < 1.29 is 9.53 Å². The summed E-state index contributed by atoms with van der Waals surface area (Å²) in [6, 6.07) is 8.59. The maximum atomic E-state index is 12.9. The van der Waals surface area contributed by atoms with Crippen molar-refractivity contribution in [2.75, 3.05) is 34.3 Å². The van der Waals surface area contributed by atoms with Gasteiger partial charge in [0.25, 0.3) is 0 Å². The smallest absolute Gasteiger partial charge is 0.242 e. The first-order valence-electron chi connectivity index (χ1n) is 12.8. The zero-order chi connectivity index (χ0) is 25.9. The number of carbonyl (C=O) groups excluding carboxylic acids is 1. The second-order valence-electron chi connectivity index (χ2n) is 10.8. The molecule has 9 nitrogen and oxygen atoms in total. The number of hydrogen-bond donors (Lipinski definition) is 1. The first-order chi connectivity index (χ1) is 17.8. The topological polar surface area (TPSA) is 92.2 Å². The number of rotatable bonds is 6. The van der Waals surface area contributed by atoms with Crippen molar-refractivity contribution in [1.82, 2.24) is 34.8 Å². The average Bonchev–Trinajstić information content (AvgIpc) is 3.61. The third kappa shape index (κ3) is 3.80. The molecule has 192 valence electrons. The van der Waals surface area contributed by atoms with Crippen molar-refractivity contribution in [2.45, 2.75) is 44.7 Å². The van der Waals surface area contributed by atoms with E-state index in [9.17, 15) is 4.79 Å². The number of likely N-dealkylation sites (N-methyl/N-ethyl adjacent to an activating group) is 1. The molecule has 1 aromatic carbocycles. The molecule has 9 heteroatoms. The summed E-state index contributed by atoms with van der Waals surface area (Å²) in [5.41, 5.74) is 7.50. The first kappa shape index (κ1) is 23.7. The number of H-pyrrole nitrogens is 1. The monoisotopic (exact) mass is 499 g/mol. The zero-order valence-corrected chi connectivity index (χ0v) is 22.1. The minimum Gasteiger partial charge on any atom is -0.494 e. The zero-order valence-electron chi connectivity index (χ0n) is 22.1. The van der Waals surface area contributed by atoms with E-state index < -0.39 is 5.54 Å². The molecule has 4 heterocycles. The third-order valence-electron chi connectivity index (χ3n) is 8.16. The van der Waals surface area contributed by atoms with E-state index in [1.807, 2.05) is 60.9 Å². The molecule has 2 aliphatic rings. The van der Waals surface area contributed by atoms with Gasteiger partial charge in [0.05, 0.1) is 30.4 Å². The maximum absolute atomic E-state index is 12.9. The van der Waals surface area contributed by atoms with Gasteiger partial charge in [-0.25, -0.2) is 4.98 Å². The molecule has 0 radical (unpaired) electrons. The first-order valence-corrected chi connectivity index (χ1v) is 12.8. The van der Waals surface area contributed by atoms with E-state index >= 15 is 0 Å². The molecule has 0 unspecified atom stereocenters. The number of carbonyl (C=O) groups is 1. The summed E-state index contributed by atoms with van der Waals surface area (Å²) in [4.78, 5) is 21.8. The Morgan fingerprint density at radius 1 is 1.19 bits per heavy atom. The summed E-state index contributed by atoms with van der Waals surface area (Å²) in [5, 5.41) is 12.3. The van der Waals surface area contributed by atoms with Crippen LogP contribution in [0.3, 0.4) is 0 Å². The van der Waals surface area contributed by atoms with Gasteiger partial charge in [-0.3, -0.25) is 19.5 Å². The number of ether oxygens (including phenoxy) is 1. The lowest BCUT2D eigenvalue weighted by Gasteiger charge is -2.44. The second-order valence-corrected chi connectivity index (χ2v) is 10.8. The van der Waals surface area contributed by atoms with Crippen LogP contribution in [0.25, 0.3) is 33.5 Å². The van der Waals surface area contributed by atoms with Crippen LogP contribution in [0.4, 0.5) is 0 Å². The van der Waals surface area contributed by atoms with Gasteiger partial charge in [0.1, 0.15) is 22.7 Å². The fourth-order valence-electron chi connectivity index (χ4n) is 5.35. The Labute approximate surface area is 216 Å². The fraction of sp³-hybridized carbons (Fsp3) is 0.429. The number of hydrogen-bond acceptors (Lipinski definition) is 6. The number of nitrogens with zero attached hydrogens (tertiary/aromatic N) is 6. The summed E-state index contributed by atoms with van der Waals surface area (Å²) >= 11 is 0. The highest BCUT2D eigenvalue weighted by Gasteiger charge is 2.41. The van der Waals surface area contributed by atoms with E-state index in [4.69, 9.17) is 9.72 Å². The van der Waals surface area contributed by atoms with Gasteiger partial charge in [0.15, 0.2) is 0 Å². The van der Waals surface area contributed by atoms with Crippen molar-refractivity contribution in [1.29, 1.82) is 0 Å². The van der Waals surface area contributed by atoms with E-state index in [-0.39, 0.29) is 11.9 Å². The van der Waals surface area contributed by atoms with Gasteiger partial charge in [-0.15, -0.1) is 0 Å². The van der Waals surface area contributed by atoms with E-state index in [2.05, 4.69) is 33.5 Å². The summed E-state index contributed by atoms with van der Waals surface area (Å²) in [7, 11) is 5.55. The van der Waals surface area contributed by atoms with Crippen molar-refractivity contribution in [3.05, 3.63) is 47.8 Å². The molecule has 1 N–H and O–H groups in total. The number of nitrogens with one attached hydrogen (secondary N) is 1. The Hall–Kier alpha value is -3.72. The molecule has 0 bridgehead atoms. The summed E-state index contributed by atoms with van der Waals surface area (Å²) in [5.74, 6) is 0.871. The van der Waals surface area contributed by atoms with Crippen LogP contribution in [0.5, 0.6) is 5.75 Å². The molecular formula is C28H33N7O2. The molecule has 37 heavy (non-hydrogen) atoms. The van der Waals surface area contributed by atoms with Gasteiger partial charge in [-0.1, -0.05) is 18.2 Å². The quantitative estimate of drug-likeness (QED) is 0.435. The molecule has 1 saturated heterocycles. The number of aryl methyl sites for hydroxylation is 1. The van der Waals surface area contributed by atoms with Crippen LogP contribution in [0.15, 0.2) is 36.7 Å². The number of aromatic amines is 1. The molecule has 1 fully saturated rings. The van der Waals surface area contributed by atoms with Gasteiger partial charge in [0, 0.05) is 36.5 Å². The molecule has 1 aliphatic carbocycles. The Balaban J connectivity index is 1.29. The largest absolute Gasteiger partial charge is 0.494 e. The molecule has 6 rings (SSSR count). The SMILES string of the molecule is COc1cc2[nH]nc(-c3cnn(C4CN(C(=O)C(C)(C)N(C)C)C4)c3)c2nc1-c1cccc2c1CCC2. The lowest BCUT2D eigenvalue weighted by atomic mass is 9.98. The van der Waals surface area contributed by atoms with Crippen LogP contribution in [0.2, 0.25) is 0 Å². The van der Waals surface area contributed by atoms with Gasteiger partial charge >= 0.3 is 0 Å². The Morgan fingerprint density at radius 3 is 2.76 bits per heavy atom. The normalized spacial score (nSPS) is 15.9. The third-order valence-corrected chi connectivity index (χ3v) is 8.16. The van der Waals surface area contributed by atoms with Crippen LogP contribution >= 0.6 is 0 Å². The molecule has 1 aliphatic heterocycles. The molecule has 0 spiro atoms.